The van der Waals surface area contributed by atoms with Gasteiger partial charge in [0.25, 0.3) is 11.8 Å². The molecule has 13 heteroatoms. The predicted molar refractivity (Wildman–Crippen MR) is 116 cm³/mol. The minimum absolute atomic E-state index is 0.0909. The standard InChI is InChI=1S/C19H35NO10P2/c1-12(2)27-31(24,28-13(3)4)19(32(25,29-14(5)6)30-15(7)8)11-18(23)26-20-16(21)9-10-17(20)22/h12-15,19H,9-11H2,1-8H3. The Morgan fingerprint density at radius 3 is 1.34 bits per heavy atom. The third-order valence-electron chi connectivity index (χ3n) is 3.71. The summed E-state index contributed by atoms with van der Waals surface area (Å²) in [4.78, 5) is 41.2. The van der Waals surface area contributed by atoms with Crippen molar-refractivity contribution in [2.45, 2.75) is 104 Å². The van der Waals surface area contributed by atoms with Gasteiger partial charge in [0.05, 0.1) is 30.8 Å². The van der Waals surface area contributed by atoms with E-state index in [1.807, 2.05) is 0 Å². The quantitative estimate of drug-likeness (QED) is 0.265. The summed E-state index contributed by atoms with van der Waals surface area (Å²) in [6.45, 7) is 12.8. The van der Waals surface area contributed by atoms with E-state index in [1.54, 1.807) is 55.4 Å². The highest BCUT2D eigenvalue weighted by molar-refractivity contribution is 7.72. The molecule has 0 aromatic heterocycles. The van der Waals surface area contributed by atoms with Gasteiger partial charge < -0.3 is 22.9 Å². The molecule has 1 aliphatic heterocycles. The molecule has 0 spiro atoms. The number of hydrogen-bond donors (Lipinski definition) is 0. The second kappa shape index (κ2) is 11.9. The van der Waals surface area contributed by atoms with Gasteiger partial charge in [0.2, 0.25) is 0 Å². The molecular formula is C19H35NO10P2. The van der Waals surface area contributed by atoms with Gasteiger partial charge in [-0.3, -0.25) is 18.7 Å². The van der Waals surface area contributed by atoms with Crippen LogP contribution in [0.3, 0.4) is 0 Å². The Labute approximate surface area is 189 Å². The zero-order chi connectivity index (χ0) is 24.9. The van der Waals surface area contributed by atoms with Crippen molar-refractivity contribution in [1.29, 1.82) is 0 Å². The van der Waals surface area contributed by atoms with Gasteiger partial charge >= 0.3 is 21.2 Å². The first-order valence-corrected chi connectivity index (χ1v) is 13.8. The van der Waals surface area contributed by atoms with Crippen LogP contribution in [0.1, 0.15) is 74.7 Å². The van der Waals surface area contributed by atoms with Gasteiger partial charge in [-0.05, 0) is 55.4 Å². The molecule has 1 saturated heterocycles. The maximum Gasteiger partial charge on any atom is 0.346 e. The summed E-state index contributed by atoms with van der Waals surface area (Å²) in [5, 5.41) is -1.33. The van der Waals surface area contributed by atoms with Crippen molar-refractivity contribution in [3.63, 3.8) is 0 Å². The van der Waals surface area contributed by atoms with Crippen molar-refractivity contribution < 1.29 is 46.4 Å². The van der Waals surface area contributed by atoms with Crippen LogP contribution in [0.2, 0.25) is 0 Å². The summed E-state index contributed by atoms with van der Waals surface area (Å²) in [5.74, 6) is -2.49. The highest BCUT2D eigenvalue weighted by Gasteiger charge is 2.54. The van der Waals surface area contributed by atoms with Gasteiger partial charge in [-0.2, -0.15) is 0 Å². The molecule has 0 aromatic carbocycles. The third kappa shape index (κ3) is 8.36. The number of amides is 2. The number of hydrogen-bond acceptors (Lipinski definition) is 10. The molecule has 2 amide bonds. The molecule has 0 aromatic rings. The zero-order valence-electron chi connectivity index (χ0n) is 19.9. The first-order chi connectivity index (χ1) is 14.6. The largest absolute Gasteiger partial charge is 0.346 e. The highest BCUT2D eigenvalue weighted by atomic mass is 31.2. The Kier molecular flexibility index (Phi) is 10.7. The number of carbonyl (C=O) groups excluding carboxylic acids is 3. The van der Waals surface area contributed by atoms with Gasteiger partial charge in [0, 0.05) is 12.8 Å². The van der Waals surface area contributed by atoms with Gasteiger partial charge in [-0.1, -0.05) is 0 Å². The van der Waals surface area contributed by atoms with Crippen molar-refractivity contribution in [3.05, 3.63) is 0 Å². The summed E-state index contributed by atoms with van der Waals surface area (Å²) in [7, 11) is -8.61. The smallest absolute Gasteiger partial charge is 0.330 e. The minimum Gasteiger partial charge on any atom is -0.330 e. The molecule has 0 atom stereocenters. The van der Waals surface area contributed by atoms with Crippen LogP contribution in [0.25, 0.3) is 0 Å². The molecule has 1 aliphatic rings. The van der Waals surface area contributed by atoms with E-state index in [0.717, 1.165) is 0 Å². The molecular weight excluding hydrogens is 464 g/mol. The average Bonchev–Trinajstić information content (AvgIpc) is 2.88. The van der Waals surface area contributed by atoms with Crippen molar-refractivity contribution in [2.24, 2.45) is 0 Å². The van der Waals surface area contributed by atoms with Crippen LogP contribution >= 0.6 is 15.2 Å². The fourth-order valence-corrected chi connectivity index (χ4v) is 8.65. The monoisotopic (exact) mass is 499 g/mol. The summed E-state index contributed by atoms with van der Waals surface area (Å²) < 4.78 is 50.1. The molecule has 0 N–H and O–H groups in total. The zero-order valence-corrected chi connectivity index (χ0v) is 21.7. The van der Waals surface area contributed by atoms with Crippen molar-refractivity contribution in [2.75, 3.05) is 0 Å². The SMILES string of the molecule is CC(C)OP(=O)(OC(C)C)C(CC(=O)ON1C(=O)CCC1=O)P(=O)(OC(C)C)OC(C)C. The van der Waals surface area contributed by atoms with E-state index in [2.05, 4.69) is 0 Å². The van der Waals surface area contributed by atoms with Crippen LogP contribution in [0.4, 0.5) is 0 Å². The average molecular weight is 499 g/mol. The highest BCUT2D eigenvalue weighted by Crippen LogP contribution is 2.73. The second-order valence-electron chi connectivity index (χ2n) is 8.43. The van der Waals surface area contributed by atoms with Crippen LogP contribution in [0, 0.1) is 0 Å². The van der Waals surface area contributed by atoms with Crippen LogP contribution in [-0.4, -0.2) is 52.7 Å². The second-order valence-corrected chi connectivity index (χ2v) is 13.1. The first-order valence-electron chi connectivity index (χ1n) is 10.6. The van der Waals surface area contributed by atoms with E-state index in [9.17, 15) is 23.5 Å². The summed E-state index contributed by atoms with van der Waals surface area (Å²) in [6, 6.07) is 0. The molecule has 1 rings (SSSR count). The minimum atomic E-state index is -4.31. The molecule has 1 fully saturated rings. The Bertz CT molecular complexity index is 698. The number of nitrogens with zero attached hydrogens (tertiary/aromatic N) is 1. The fourth-order valence-electron chi connectivity index (χ4n) is 2.85. The van der Waals surface area contributed by atoms with Crippen LogP contribution in [0.5, 0.6) is 0 Å². The lowest BCUT2D eigenvalue weighted by molar-refractivity contribution is -0.197. The van der Waals surface area contributed by atoms with Gasteiger partial charge in [0.15, 0.2) is 5.40 Å². The fraction of sp³-hybridized carbons (Fsp3) is 0.842. The van der Waals surface area contributed by atoms with E-state index in [1.165, 1.54) is 0 Å². The van der Waals surface area contributed by atoms with Gasteiger partial charge in [-0.15, -0.1) is 5.06 Å². The lowest BCUT2D eigenvalue weighted by Gasteiger charge is -2.34. The first kappa shape index (κ1) is 28.9. The Hall–Kier alpha value is -1.09. The summed E-state index contributed by atoms with van der Waals surface area (Å²) >= 11 is 0. The van der Waals surface area contributed by atoms with E-state index < -0.39 is 69.2 Å². The Morgan fingerprint density at radius 1 is 0.750 bits per heavy atom. The lowest BCUT2D eigenvalue weighted by atomic mass is 10.4. The molecule has 0 bridgehead atoms. The van der Waals surface area contributed by atoms with Crippen LogP contribution in [-0.2, 0) is 46.4 Å². The van der Waals surface area contributed by atoms with E-state index in [-0.39, 0.29) is 12.8 Å². The van der Waals surface area contributed by atoms with E-state index in [4.69, 9.17) is 22.9 Å². The molecule has 0 radical (unpaired) electrons. The molecule has 32 heavy (non-hydrogen) atoms. The summed E-state index contributed by atoms with van der Waals surface area (Å²) in [6.07, 6.45) is -3.46. The van der Waals surface area contributed by atoms with Crippen LogP contribution in [0.15, 0.2) is 0 Å². The number of rotatable bonds is 13. The molecule has 0 saturated carbocycles. The van der Waals surface area contributed by atoms with Crippen molar-refractivity contribution in [3.8, 4) is 0 Å². The van der Waals surface area contributed by atoms with Crippen LogP contribution < -0.4 is 0 Å². The Balaban J connectivity index is 3.43. The lowest BCUT2D eigenvalue weighted by Crippen LogP contribution is -2.34. The number of carbonyl (C=O) groups is 3. The van der Waals surface area contributed by atoms with Crippen molar-refractivity contribution >= 4 is 33.0 Å². The maximum atomic E-state index is 13.9. The number of imide groups is 1. The predicted octanol–water partition coefficient (Wildman–Crippen LogP) is 4.40. The van der Waals surface area contributed by atoms with Gasteiger partial charge in [-0.25, -0.2) is 4.79 Å². The topological polar surface area (TPSA) is 135 Å². The molecule has 11 nitrogen and oxygen atoms in total. The molecule has 186 valence electrons. The molecule has 0 aliphatic carbocycles. The summed E-state index contributed by atoms with van der Waals surface area (Å²) in [5.41, 5.74) is 0. The number of hydroxylamine groups is 2. The molecule has 1 heterocycles. The van der Waals surface area contributed by atoms with E-state index in [0.29, 0.717) is 5.06 Å². The van der Waals surface area contributed by atoms with Crippen molar-refractivity contribution in [1.82, 2.24) is 5.06 Å². The third-order valence-corrected chi connectivity index (χ3v) is 10.1. The van der Waals surface area contributed by atoms with Gasteiger partial charge in [0.1, 0.15) is 0 Å². The van der Waals surface area contributed by atoms with E-state index >= 15 is 0 Å². The Morgan fingerprint density at radius 2 is 1.06 bits per heavy atom. The normalized spacial score (nSPS) is 15.8. The molecule has 0 unspecified atom stereocenters. The maximum absolute atomic E-state index is 13.9.